The Kier molecular flexibility index (Phi) is 4.25. The van der Waals surface area contributed by atoms with Crippen LogP contribution < -0.4 is 0 Å². The molecule has 0 bridgehead atoms. The predicted octanol–water partition coefficient (Wildman–Crippen LogP) is 1.72. The third-order valence-corrected chi connectivity index (χ3v) is 3.11. The van der Waals surface area contributed by atoms with Crippen molar-refractivity contribution in [2.45, 2.75) is 12.8 Å². The zero-order valence-electron chi connectivity index (χ0n) is 10.4. The summed E-state index contributed by atoms with van der Waals surface area (Å²) in [6.07, 6.45) is 3.42. The molecule has 0 N–H and O–H groups in total. The molecule has 2 rings (SSSR count). The van der Waals surface area contributed by atoms with Gasteiger partial charge in [0.2, 0.25) is 5.95 Å². The number of hydrogen-bond acceptors (Lipinski definition) is 3. The summed E-state index contributed by atoms with van der Waals surface area (Å²) in [6.45, 7) is 2.15. The predicted molar refractivity (Wildman–Crippen MR) is 64.7 cm³/mol. The van der Waals surface area contributed by atoms with E-state index < -0.39 is 5.95 Å². The Labute approximate surface area is 106 Å². The molecular formula is C13H17FN2O2. The molecule has 0 spiro atoms. The Morgan fingerprint density at radius 3 is 3.17 bits per heavy atom. The number of halogens is 1. The van der Waals surface area contributed by atoms with Crippen molar-refractivity contribution in [2.75, 3.05) is 26.8 Å². The number of carbonyl (C=O) groups is 1. The van der Waals surface area contributed by atoms with Gasteiger partial charge in [0, 0.05) is 38.0 Å². The fraction of sp³-hybridized carbons (Fsp3) is 0.538. The first-order valence-corrected chi connectivity index (χ1v) is 6.11. The Balaban J connectivity index is 1.95. The van der Waals surface area contributed by atoms with Crippen LogP contribution in [-0.2, 0) is 4.74 Å². The van der Waals surface area contributed by atoms with Crippen molar-refractivity contribution in [2.24, 2.45) is 5.92 Å². The molecule has 0 aliphatic carbocycles. The highest BCUT2D eigenvalue weighted by molar-refractivity contribution is 5.93. The van der Waals surface area contributed by atoms with E-state index in [1.807, 2.05) is 0 Å². The number of ether oxygens (including phenoxy) is 1. The Hall–Kier alpha value is -1.49. The van der Waals surface area contributed by atoms with Gasteiger partial charge in [-0.05, 0) is 24.8 Å². The lowest BCUT2D eigenvalue weighted by atomic mass is 10.0. The van der Waals surface area contributed by atoms with Crippen LogP contribution in [0.1, 0.15) is 23.2 Å². The van der Waals surface area contributed by atoms with Crippen molar-refractivity contribution in [3.05, 3.63) is 29.8 Å². The molecule has 1 aromatic heterocycles. The molecule has 1 amide bonds. The normalized spacial score (nSPS) is 19.6. The fourth-order valence-corrected chi connectivity index (χ4v) is 2.18. The van der Waals surface area contributed by atoms with Crippen LogP contribution >= 0.6 is 0 Å². The third kappa shape index (κ3) is 3.26. The average Bonchev–Trinajstić information content (AvgIpc) is 2.39. The van der Waals surface area contributed by atoms with Crippen LogP contribution in [0.4, 0.5) is 4.39 Å². The summed E-state index contributed by atoms with van der Waals surface area (Å²) in [5.74, 6) is -0.434. The molecule has 98 valence electrons. The summed E-state index contributed by atoms with van der Waals surface area (Å²) in [5, 5.41) is 0. The van der Waals surface area contributed by atoms with Crippen molar-refractivity contribution in [1.29, 1.82) is 0 Å². The van der Waals surface area contributed by atoms with Crippen molar-refractivity contribution in [1.82, 2.24) is 9.88 Å². The lowest BCUT2D eigenvalue weighted by Crippen LogP contribution is -2.35. The van der Waals surface area contributed by atoms with Gasteiger partial charge in [-0.1, -0.05) is 0 Å². The van der Waals surface area contributed by atoms with E-state index in [2.05, 4.69) is 4.98 Å². The monoisotopic (exact) mass is 252 g/mol. The van der Waals surface area contributed by atoms with E-state index in [1.165, 1.54) is 12.3 Å². The van der Waals surface area contributed by atoms with Crippen molar-refractivity contribution < 1.29 is 13.9 Å². The minimum Gasteiger partial charge on any atom is -0.381 e. The second-order valence-corrected chi connectivity index (χ2v) is 4.64. The van der Waals surface area contributed by atoms with Gasteiger partial charge >= 0.3 is 0 Å². The SMILES string of the molecule is CN(CC1CCCOC1)C(=O)c1ccnc(F)c1. The van der Waals surface area contributed by atoms with Crippen molar-refractivity contribution in [3.8, 4) is 0 Å². The summed E-state index contributed by atoms with van der Waals surface area (Å²) < 4.78 is 18.3. The van der Waals surface area contributed by atoms with Gasteiger partial charge in [0.1, 0.15) is 0 Å². The van der Waals surface area contributed by atoms with Gasteiger partial charge in [-0.15, -0.1) is 0 Å². The molecule has 0 aromatic carbocycles. The summed E-state index contributed by atoms with van der Waals surface area (Å²) in [6, 6.07) is 2.69. The first-order valence-electron chi connectivity index (χ1n) is 6.11. The number of carbonyl (C=O) groups excluding carboxylic acids is 1. The largest absolute Gasteiger partial charge is 0.381 e. The van der Waals surface area contributed by atoms with Gasteiger partial charge < -0.3 is 9.64 Å². The number of amides is 1. The number of hydrogen-bond donors (Lipinski definition) is 0. The van der Waals surface area contributed by atoms with Crippen LogP contribution in [0.5, 0.6) is 0 Å². The summed E-state index contributed by atoms with van der Waals surface area (Å²) in [5.41, 5.74) is 0.335. The summed E-state index contributed by atoms with van der Waals surface area (Å²) >= 11 is 0. The molecule has 4 nitrogen and oxygen atoms in total. The minimum atomic E-state index is -0.629. The van der Waals surface area contributed by atoms with Crippen molar-refractivity contribution >= 4 is 5.91 Å². The number of pyridine rings is 1. The number of rotatable bonds is 3. The molecule has 1 atom stereocenters. The van der Waals surface area contributed by atoms with Crippen molar-refractivity contribution in [3.63, 3.8) is 0 Å². The van der Waals surface area contributed by atoms with Crippen LogP contribution in [-0.4, -0.2) is 42.6 Å². The first kappa shape index (κ1) is 13.0. The maximum absolute atomic E-state index is 12.9. The lowest BCUT2D eigenvalue weighted by Gasteiger charge is -2.27. The van der Waals surface area contributed by atoms with Gasteiger partial charge in [-0.25, -0.2) is 4.98 Å². The molecule has 1 saturated heterocycles. The minimum absolute atomic E-state index is 0.179. The summed E-state index contributed by atoms with van der Waals surface area (Å²) in [7, 11) is 1.73. The van der Waals surface area contributed by atoms with Crippen LogP contribution in [0.2, 0.25) is 0 Å². The van der Waals surface area contributed by atoms with E-state index in [0.717, 1.165) is 25.5 Å². The van der Waals surface area contributed by atoms with E-state index in [4.69, 9.17) is 4.74 Å². The quantitative estimate of drug-likeness (QED) is 0.769. The number of aromatic nitrogens is 1. The highest BCUT2D eigenvalue weighted by atomic mass is 19.1. The molecule has 0 radical (unpaired) electrons. The maximum Gasteiger partial charge on any atom is 0.253 e. The van der Waals surface area contributed by atoms with Gasteiger partial charge in [-0.3, -0.25) is 4.79 Å². The fourth-order valence-electron chi connectivity index (χ4n) is 2.18. The van der Waals surface area contributed by atoms with Gasteiger partial charge in [0.05, 0.1) is 6.61 Å². The van der Waals surface area contributed by atoms with Crippen LogP contribution in [0.25, 0.3) is 0 Å². The zero-order valence-corrected chi connectivity index (χ0v) is 10.4. The van der Waals surface area contributed by atoms with Gasteiger partial charge in [-0.2, -0.15) is 4.39 Å². The Morgan fingerprint density at radius 1 is 1.67 bits per heavy atom. The highest BCUT2D eigenvalue weighted by Gasteiger charge is 2.19. The Bertz CT molecular complexity index is 419. The van der Waals surface area contributed by atoms with E-state index in [9.17, 15) is 9.18 Å². The molecule has 1 unspecified atom stereocenters. The second-order valence-electron chi connectivity index (χ2n) is 4.64. The maximum atomic E-state index is 12.9. The van der Waals surface area contributed by atoms with Crippen LogP contribution in [0.3, 0.4) is 0 Å². The molecule has 1 aromatic rings. The molecule has 18 heavy (non-hydrogen) atoms. The highest BCUT2D eigenvalue weighted by Crippen LogP contribution is 2.15. The summed E-state index contributed by atoms with van der Waals surface area (Å²) in [4.78, 5) is 17.1. The molecule has 1 fully saturated rings. The third-order valence-electron chi connectivity index (χ3n) is 3.11. The molecular weight excluding hydrogens is 235 g/mol. The topological polar surface area (TPSA) is 42.4 Å². The van der Waals surface area contributed by atoms with Gasteiger partial charge in [0.25, 0.3) is 5.91 Å². The standard InChI is InChI=1S/C13H17FN2O2/c1-16(8-10-3-2-6-18-9-10)13(17)11-4-5-15-12(14)7-11/h4-5,7,10H,2-3,6,8-9H2,1H3. The molecule has 0 saturated carbocycles. The van der Waals surface area contributed by atoms with Crippen LogP contribution in [0.15, 0.2) is 18.3 Å². The first-order chi connectivity index (χ1) is 8.66. The lowest BCUT2D eigenvalue weighted by molar-refractivity contribution is 0.0388. The van der Waals surface area contributed by atoms with Crippen LogP contribution in [0, 0.1) is 11.9 Å². The molecule has 5 heteroatoms. The van der Waals surface area contributed by atoms with E-state index >= 15 is 0 Å². The zero-order chi connectivity index (χ0) is 13.0. The number of nitrogens with zero attached hydrogens (tertiary/aromatic N) is 2. The van der Waals surface area contributed by atoms with Gasteiger partial charge in [0.15, 0.2) is 0 Å². The average molecular weight is 252 g/mol. The smallest absolute Gasteiger partial charge is 0.253 e. The Morgan fingerprint density at radius 2 is 2.50 bits per heavy atom. The van der Waals surface area contributed by atoms with E-state index in [-0.39, 0.29) is 5.91 Å². The van der Waals surface area contributed by atoms with E-state index in [0.29, 0.717) is 24.6 Å². The molecule has 2 heterocycles. The van der Waals surface area contributed by atoms with E-state index in [1.54, 1.807) is 11.9 Å². The molecule has 1 aliphatic rings. The second kappa shape index (κ2) is 5.91. The molecule has 1 aliphatic heterocycles.